The number of nitrogens with one attached hydrogen (secondary N) is 1. The zero-order valence-corrected chi connectivity index (χ0v) is 13.8. The van der Waals surface area contributed by atoms with Gasteiger partial charge in [0.15, 0.2) is 6.61 Å². The van der Waals surface area contributed by atoms with Crippen LogP contribution in [0.25, 0.3) is 0 Å². The summed E-state index contributed by atoms with van der Waals surface area (Å²) in [6, 6.07) is 14.7. The summed E-state index contributed by atoms with van der Waals surface area (Å²) in [5.41, 5.74) is 1.43. The van der Waals surface area contributed by atoms with Gasteiger partial charge in [0.25, 0.3) is 10.0 Å². The van der Waals surface area contributed by atoms with Crippen molar-refractivity contribution in [3.8, 4) is 11.8 Å². The van der Waals surface area contributed by atoms with Crippen LogP contribution >= 0.6 is 0 Å². The highest BCUT2D eigenvalue weighted by molar-refractivity contribution is 7.90. The van der Waals surface area contributed by atoms with Gasteiger partial charge in [-0.3, -0.25) is 4.79 Å². The van der Waals surface area contributed by atoms with Gasteiger partial charge in [0, 0.05) is 0 Å². The van der Waals surface area contributed by atoms with Crippen molar-refractivity contribution in [2.24, 2.45) is 0 Å². The Morgan fingerprint density at radius 2 is 1.92 bits per heavy atom. The predicted octanol–water partition coefficient (Wildman–Crippen LogP) is 1.95. The van der Waals surface area contributed by atoms with Gasteiger partial charge in [0.2, 0.25) is 5.91 Å². The van der Waals surface area contributed by atoms with Crippen LogP contribution in [-0.4, -0.2) is 20.9 Å². The van der Waals surface area contributed by atoms with Gasteiger partial charge in [0.05, 0.1) is 11.3 Å². The summed E-state index contributed by atoms with van der Waals surface area (Å²) in [4.78, 5) is 12.0. The van der Waals surface area contributed by atoms with Crippen LogP contribution in [0, 0.1) is 18.3 Å². The van der Waals surface area contributed by atoms with Crippen molar-refractivity contribution in [3.63, 3.8) is 0 Å². The van der Waals surface area contributed by atoms with Gasteiger partial charge in [-0.15, -0.1) is 0 Å². The molecule has 2 rings (SSSR count). The van der Waals surface area contributed by atoms with Crippen molar-refractivity contribution in [3.05, 3.63) is 59.7 Å². The van der Waals surface area contributed by atoms with Crippen LogP contribution in [0.5, 0.6) is 5.75 Å². The number of ether oxygens (including phenoxy) is 1. The second kappa shape index (κ2) is 7.62. The fourth-order valence-corrected chi connectivity index (χ4v) is 3.12. The molecule has 124 valence electrons. The number of sulfonamides is 1. The number of carbonyl (C=O) groups excluding carboxylic acids is 1. The standard InChI is InChI=1S/C17H16N2O4S/c1-13-3-2-4-16(11-13)24(21,22)19-17(20)12-14-5-7-15(8-6-14)23-10-9-18/h2-8,11H,10,12H2,1H3,(H,19,20). The monoisotopic (exact) mass is 344 g/mol. The molecule has 0 radical (unpaired) electrons. The first-order chi connectivity index (χ1) is 11.4. The summed E-state index contributed by atoms with van der Waals surface area (Å²) in [7, 11) is -3.88. The van der Waals surface area contributed by atoms with Gasteiger partial charge in [-0.2, -0.15) is 5.26 Å². The van der Waals surface area contributed by atoms with Gasteiger partial charge in [0.1, 0.15) is 11.8 Å². The third-order valence-electron chi connectivity index (χ3n) is 3.14. The molecule has 2 aromatic rings. The Balaban J connectivity index is 2.01. The second-order valence-corrected chi connectivity index (χ2v) is 6.80. The fraction of sp³-hybridized carbons (Fsp3) is 0.176. The number of hydrogen-bond acceptors (Lipinski definition) is 5. The van der Waals surface area contributed by atoms with E-state index in [9.17, 15) is 13.2 Å². The van der Waals surface area contributed by atoms with Crippen LogP contribution in [0.15, 0.2) is 53.4 Å². The summed E-state index contributed by atoms with van der Waals surface area (Å²) in [6.45, 7) is 1.71. The molecule has 0 aliphatic rings. The summed E-state index contributed by atoms with van der Waals surface area (Å²) in [5.74, 6) is -0.115. The van der Waals surface area contributed by atoms with Crippen LogP contribution in [0.3, 0.4) is 0 Å². The Hall–Kier alpha value is -2.85. The minimum absolute atomic E-state index is 0.0519. The van der Waals surface area contributed by atoms with E-state index >= 15 is 0 Å². The molecule has 0 saturated carbocycles. The first kappa shape index (κ1) is 17.5. The van der Waals surface area contributed by atoms with Crippen molar-refractivity contribution >= 4 is 15.9 Å². The molecule has 0 spiro atoms. The quantitative estimate of drug-likeness (QED) is 0.864. The summed E-state index contributed by atoms with van der Waals surface area (Å²) in [6.07, 6.45) is -0.0798. The van der Waals surface area contributed by atoms with Crippen molar-refractivity contribution in [1.82, 2.24) is 4.72 Å². The number of amides is 1. The average molecular weight is 344 g/mol. The number of rotatable bonds is 6. The molecule has 1 amide bonds. The van der Waals surface area contributed by atoms with Crippen molar-refractivity contribution in [1.29, 1.82) is 5.26 Å². The molecule has 1 N–H and O–H groups in total. The smallest absolute Gasteiger partial charge is 0.264 e. The minimum atomic E-state index is -3.88. The van der Waals surface area contributed by atoms with Gasteiger partial charge in [-0.25, -0.2) is 13.1 Å². The molecule has 0 saturated heterocycles. The lowest BCUT2D eigenvalue weighted by atomic mass is 10.1. The Morgan fingerprint density at radius 3 is 2.54 bits per heavy atom. The Labute approximate surface area is 140 Å². The Morgan fingerprint density at radius 1 is 1.21 bits per heavy atom. The molecule has 7 heteroatoms. The SMILES string of the molecule is Cc1cccc(S(=O)(=O)NC(=O)Cc2ccc(OCC#N)cc2)c1. The maximum absolute atomic E-state index is 12.2. The molecular formula is C17H16N2O4S. The lowest BCUT2D eigenvalue weighted by molar-refractivity contribution is -0.118. The molecule has 0 bridgehead atoms. The van der Waals surface area contributed by atoms with E-state index in [1.54, 1.807) is 43.3 Å². The first-order valence-corrected chi connectivity index (χ1v) is 8.60. The second-order valence-electron chi connectivity index (χ2n) is 5.11. The molecule has 0 aromatic heterocycles. The van der Waals surface area contributed by atoms with E-state index in [-0.39, 0.29) is 17.9 Å². The number of benzene rings is 2. The van der Waals surface area contributed by atoms with Crippen LogP contribution in [0.4, 0.5) is 0 Å². The Kier molecular flexibility index (Phi) is 5.55. The Bertz CT molecular complexity index is 868. The lowest BCUT2D eigenvalue weighted by Gasteiger charge is -2.08. The minimum Gasteiger partial charge on any atom is -0.479 e. The van der Waals surface area contributed by atoms with Crippen molar-refractivity contribution in [2.45, 2.75) is 18.2 Å². The third-order valence-corrected chi connectivity index (χ3v) is 4.51. The predicted molar refractivity (Wildman–Crippen MR) is 87.8 cm³/mol. The molecule has 0 unspecified atom stereocenters. The van der Waals surface area contributed by atoms with E-state index < -0.39 is 15.9 Å². The molecule has 0 heterocycles. The van der Waals surface area contributed by atoms with Crippen molar-refractivity contribution in [2.75, 3.05) is 6.61 Å². The maximum Gasteiger partial charge on any atom is 0.264 e. The summed E-state index contributed by atoms with van der Waals surface area (Å²) >= 11 is 0. The largest absolute Gasteiger partial charge is 0.479 e. The van der Waals surface area contributed by atoms with Crippen molar-refractivity contribution < 1.29 is 17.9 Å². The van der Waals surface area contributed by atoms with E-state index in [0.717, 1.165) is 5.56 Å². The highest BCUT2D eigenvalue weighted by Crippen LogP contribution is 2.14. The number of nitrogens with zero attached hydrogens (tertiary/aromatic N) is 1. The van der Waals surface area contributed by atoms with Gasteiger partial charge < -0.3 is 4.74 Å². The third kappa shape index (κ3) is 4.83. The molecule has 0 aliphatic carbocycles. The van der Waals surface area contributed by atoms with Gasteiger partial charge in [-0.05, 0) is 42.3 Å². The number of carbonyl (C=O) groups is 1. The fourth-order valence-electron chi connectivity index (χ4n) is 2.03. The van der Waals surface area contributed by atoms with E-state index in [2.05, 4.69) is 4.72 Å². The lowest BCUT2D eigenvalue weighted by Crippen LogP contribution is -2.31. The molecular weight excluding hydrogens is 328 g/mol. The van der Waals surface area contributed by atoms with E-state index in [0.29, 0.717) is 11.3 Å². The topological polar surface area (TPSA) is 96.3 Å². The van der Waals surface area contributed by atoms with Crippen LogP contribution in [-0.2, 0) is 21.2 Å². The zero-order chi connectivity index (χ0) is 17.6. The van der Waals surface area contributed by atoms with E-state index in [1.165, 1.54) is 12.1 Å². The molecule has 0 aliphatic heterocycles. The number of hydrogen-bond donors (Lipinski definition) is 1. The van der Waals surface area contributed by atoms with E-state index in [1.807, 2.05) is 6.07 Å². The number of nitriles is 1. The maximum atomic E-state index is 12.2. The van der Waals surface area contributed by atoms with E-state index in [4.69, 9.17) is 10.00 Å². The first-order valence-electron chi connectivity index (χ1n) is 7.12. The van der Waals surface area contributed by atoms with Crippen LogP contribution in [0.2, 0.25) is 0 Å². The summed E-state index contributed by atoms with van der Waals surface area (Å²) in [5, 5.41) is 8.44. The average Bonchev–Trinajstić information content (AvgIpc) is 2.53. The normalized spacial score (nSPS) is 10.7. The number of aryl methyl sites for hydroxylation is 1. The molecule has 24 heavy (non-hydrogen) atoms. The van der Waals surface area contributed by atoms with Crippen LogP contribution < -0.4 is 9.46 Å². The zero-order valence-electron chi connectivity index (χ0n) is 13.0. The highest BCUT2D eigenvalue weighted by Gasteiger charge is 2.17. The van der Waals surface area contributed by atoms with Gasteiger partial charge >= 0.3 is 0 Å². The summed E-state index contributed by atoms with van der Waals surface area (Å²) < 4.78 is 31.5. The molecule has 0 fully saturated rings. The van der Waals surface area contributed by atoms with Crippen LogP contribution in [0.1, 0.15) is 11.1 Å². The highest BCUT2D eigenvalue weighted by atomic mass is 32.2. The molecule has 6 nitrogen and oxygen atoms in total. The molecule has 2 aromatic carbocycles. The molecule has 0 atom stereocenters. The van der Waals surface area contributed by atoms with Gasteiger partial charge in [-0.1, -0.05) is 24.3 Å².